The molecule has 4 heteroatoms. The van der Waals surface area contributed by atoms with Crippen molar-refractivity contribution >= 4 is 6.09 Å². The summed E-state index contributed by atoms with van der Waals surface area (Å²) >= 11 is 0. The van der Waals surface area contributed by atoms with Crippen LogP contribution < -0.4 is 23.2 Å². The predicted molar refractivity (Wildman–Crippen MR) is 9.58 cm³/mol. The molecule has 0 atom stereocenters. The van der Waals surface area contributed by atoms with Crippen molar-refractivity contribution < 1.29 is 22.3 Å². The standard InChI is InChI=1S/CH3NO2.ClH/c2-1(3)4;/h2H2,(H,3,4);1H/p-2. The van der Waals surface area contributed by atoms with Crippen LogP contribution in [0.15, 0.2) is 0 Å². The molecule has 5 heavy (non-hydrogen) atoms. The number of hydrogen-bond donors (Lipinski definition) is 1. The highest BCUT2D eigenvalue weighted by molar-refractivity contribution is 5.58. The van der Waals surface area contributed by atoms with Crippen LogP contribution in [0.25, 0.3) is 0 Å². The van der Waals surface area contributed by atoms with Crippen LogP contribution in [0.1, 0.15) is 0 Å². The summed E-state index contributed by atoms with van der Waals surface area (Å²) in [6, 6.07) is 0. The molecule has 0 radical (unpaired) electrons. The van der Waals surface area contributed by atoms with Gasteiger partial charge in [-0.3, -0.25) is 0 Å². The van der Waals surface area contributed by atoms with Crippen molar-refractivity contribution in [1.82, 2.24) is 0 Å². The Balaban J connectivity index is 0. The van der Waals surface area contributed by atoms with E-state index < -0.39 is 6.09 Å². The molecule has 0 fully saturated rings. The van der Waals surface area contributed by atoms with E-state index in [0.29, 0.717) is 0 Å². The van der Waals surface area contributed by atoms with Gasteiger partial charge in [0.2, 0.25) is 0 Å². The normalized spacial score (nSPS) is 4.80. The summed E-state index contributed by atoms with van der Waals surface area (Å²) in [5.41, 5.74) is 3.92. The third-order valence-electron chi connectivity index (χ3n) is 0. The minimum absolute atomic E-state index is 0. The van der Waals surface area contributed by atoms with E-state index in [-0.39, 0.29) is 12.4 Å². The van der Waals surface area contributed by atoms with Gasteiger partial charge < -0.3 is 28.0 Å². The second kappa shape index (κ2) is 3.56. The number of amides is 1. The van der Waals surface area contributed by atoms with Gasteiger partial charge in [0.15, 0.2) is 0 Å². The van der Waals surface area contributed by atoms with Crippen LogP contribution in [-0.4, -0.2) is 6.09 Å². The van der Waals surface area contributed by atoms with Crippen molar-refractivity contribution in [1.29, 1.82) is 0 Å². The van der Waals surface area contributed by atoms with Gasteiger partial charge in [-0.25, -0.2) is 0 Å². The van der Waals surface area contributed by atoms with Crippen LogP contribution in [0.3, 0.4) is 0 Å². The quantitative estimate of drug-likeness (QED) is 0.329. The Morgan fingerprint density at radius 3 is 1.80 bits per heavy atom. The zero-order valence-electron chi connectivity index (χ0n) is 2.27. The second-order valence-electron chi connectivity index (χ2n) is 0.319. The lowest BCUT2D eigenvalue weighted by Crippen LogP contribution is -3.00. The van der Waals surface area contributed by atoms with Crippen molar-refractivity contribution in [2.24, 2.45) is 5.73 Å². The average molecular weight is 95.5 g/mol. The molecule has 0 aromatic heterocycles. The summed E-state index contributed by atoms with van der Waals surface area (Å²) in [5, 5.41) is 8.67. The summed E-state index contributed by atoms with van der Waals surface area (Å²) in [4.78, 5) is 8.67. The van der Waals surface area contributed by atoms with Crippen LogP contribution in [0.2, 0.25) is 0 Å². The minimum Gasteiger partial charge on any atom is -1.00 e. The van der Waals surface area contributed by atoms with E-state index in [9.17, 15) is 0 Å². The van der Waals surface area contributed by atoms with Crippen molar-refractivity contribution in [3.8, 4) is 0 Å². The predicted octanol–water partition coefficient (Wildman–Crippen LogP) is -4.71. The fourth-order valence-electron chi connectivity index (χ4n) is 0. The van der Waals surface area contributed by atoms with Crippen LogP contribution in [-0.2, 0) is 0 Å². The van der Waals surface area contributed by atoms with Gasteiger partial charge >= 0.3 is 0 Å². The highest BCUT2D eigenvalue weighted by atomic mass is 35.5. The molecule has 0 spiro atoms. The number of rotatable bonds is 0. The molecule has 1 amide bonds. The molecular formula is CH2ClNO2-2. The van der Waals surface area contributed by atoms with Gasteiger partial charge in [-0.15, -0.1) is 0 Å². The Hall–Kier alpha value is -0.440. The molecule has 0 aliphatic carbocycles. The molecule has 0 aliphatic heterocycles. The molecule has 0 aliphatic rings. The van der Waals surface area contributed by atoms with E-state index in [0.717, 1.165) is 0 Å². The lowest BCUT2D eigenvalue weighted by atomic mass is 11.3. The highest BCUT2D eigenvalue weighted by Gasteiger charge is 1.44. The van der Waals surface area contributed by atoms with Crippen LogP contribution in [0.5, 0.6) is 0 Å². The summed E-state index contributed by atoms with van der Waals surface area (Å²) in [6.45, 7) is 0. The number of primary amides is 1. The van der Waals surface area contributed by atoms with Crippen molar-refractivity contribution in [3.05, 3.63) is 0 Å². The third kappa shape index (κ3) is 44.8. The van der Waals surface area contributed by atoms with Crippen molar-refractivity contribution in [3.63, 3.8) is 0 Å². The molecule has 0 aromatic carbocycles. The minimum atomic E-state index is -1.58. The van der Waals surface area contributed by atoms with Crippen molar-refractivity contribution in [2.75, 3.05) is 0 Å². The fraction of sp³-hybridized carbons (Fsp3) is 0. The molecule has 2 N–H and O–H groups in total. The van der Waals surface area contributed by atoms with Crippen molar-refractivity contribution in [2.45, 2.75) is 0 Å². The number of nitrogens with two attached hydrogens (primary N) is 1. The number of carbonyl (C=O) groups excluding carboxylic acids is 1. The molecule has 0 unspecified atom stereocenters. The topological polar surface area (TPSA) is 66.2 Å². The average Bonchev–Trinajstić information content (AvgIpc) is 0.811. The van der Waals surface area contributed by atoms with E-state index in [1.807, 2.05) is 0 Å². The number of halogens is 1. The lowest BCUT2D eigenvalue weighted by molar-refractivity contribution is -0.245. The Morgan fingerprint density at radius 2 is 1.80 bits per heavy atom. The molecule has 3 nitrogen and oxygen atoms in total. The zero-order chi connectivity index (χ0) is 3.58. The monoisotopic (exact) mass is 95.0 g/mol. The SMILES string of the molecule is NC(=O)[O-].[Cl-]. The fourth-order valence-corrected chi connectivity index (χ4v) is 0. The Labute approximate surface area is 35.2 Å². The second-order valence-corrected chi connectivity index (χ2v) is 0.319. The van der Waals surface area contributed by atoms with Gasteiger partial charge in [-0.2, -0.15) is 0 Å². The van der Waals surface area contributed by atoms with Gasteiger partial charge in [0.1, 0.15) is 6.09 Å². The van der Waals surface area contributed by atoms with E-state index in [1.165, 1.54) is 0 Å². The Kier molecular flexibility index (Phi) is 6.28. The van der Waals surface area contributed by atoms with Gasteiger partial charge in [-0.1, -0.05) is 0 Å². The number of carboxylic acid groups (broad SMARTS) is 1. The van der Waals surface area contributed by atoms with Gasteiger partial charge in [0.05, 0.1) is 0 Å². The first-order valence-electron chi connectivity index (χ1n) is 0.697. The molecule has 0 heterocycles. The van der Waals surface area contributed by atoms with E-state index >= 15 is 0 Å². The first kappa shape index (κ1) is 8.82. The highest BCUT2D eigenvalue weighted by Crippen LogP contribution is 1.23. The maximum absolute atomic E-state index is 8.67. The number of carbonyl (C=O) groups is 1. The maximum Gasteiger partial charge on any atom is 0.131 e. The van der Waals surface area contributed by atoms with E-state index in [2.05, 4.69) is 5.73 Å². The third-order valence-corrected chi connectivity index (χ3v) is 0. The molecule has 0 rings (SSSR count). The largest absolute Gasteiger partial charge is 1.00 e. The van der Waals surface area contributed by atoms with Gasteiger partial charge in [0, 0.05) is 0 Å². The van der Waals surface area contributed by atoms with E-state index in [4.69, 9.17) is 9.90 Å². The summed E-state index contributed by atoms with van der Waals surface area (Å²) in [5.74, 6) is 0. The Morgan fingerprint density at radius 1 is 1.80 bits per heavy atom. The summed E-state index contributed by atoms with van der Waals surface area (Å²) in [7, 11) is 0. The lowest BCUT2D eigenvalue weighted by Gasteiger charge is -1.78. The van der Waals surface area contributed by atoms with E-state index in [1.54, 1.807) is 0 Å². The summed E-state index contributed by atoms with van der Waals surface area (Å²) in [6.07, 6.45) is -1.58. The first-order valence-corrected chi connectivity index (χ1v) is 0.697. The zero-order valence-corrected chi connectivity index (χ0v) is 3.03. The smallest absolute Gasteiger partial charge is 0.131 e. The maximum atomic E-state index is 8.67. The Bertz CT molecular complexity index is 32.6. The van der Waals surface area contributed by atoms with Crippen LogP contribution >= 0.6 is 0 Å². The molecule has 0 bridgehead atoms. The van der Waals surface area contributed by atoms with Gasteiger partial charge in [0.25, 0.3) is 0 Å². The molecule has 0 saturated carbocycles. The summed E-state index contributed by atoms with van der Waals surface area (Å²) < 4.78 is 0. The number of hydrogen-bond acceptors (Lipinski definition) is 2. The molecular weight excluding hydrogens is 93.5 g/mol. The molecule has 0 aromatic rings. The van der Waals surface area contributed by atoms with Crippen LogP contribution in [0, 0.1) is 0 Å². The molecule has 0 saturated heterocycles. The van der Waals surface area contributed by atoms with Gasteiger partial charge in [-0.05, 0) is 0 Å². The van der Waals surface area contributed by atoms with Crippen LogP contribution in [0.4, 0.5) is 4.79 Å². The first-order chi connectivity index (χ1) is 1.73. The molecule has 32 valence electrons.